The van der Waals surface area contributed by atoms with E-state index in [1.54, 1.807) is 6.92 Å². The molecule has 0 amide bonds. The minimum atomic E-state index is -0.886. The number of hydrogen-bond donors (Lipinski definition) is 3. The third-order valence-corrected chi connectivity index (χ3v) is 2.78. The first-order chi connectivity index (χ1) is 7.97. The van der Waals surface area contributed by atoms with Crippen LogP contribution < -0.4 is 5.32 Å². The number of hydrogen-bond acceptors (Lipinski definition) is 5. The summed E-state index contributed by atoms with van der Waals surface area (Å²) >= 11 is 5.85. The average Bonchev–Trinajstić information content (AvgIpc) is 2.30. The fourth-order valence-corrected chi connectivity index (χ4v) is 1.53. The lowest BCUT2D eigenvalue weighted by molar-refractivity contribution is -0.384. The third-order valence-electron chi connectivity index (χ3n) is 2.30. The van der Waals surface area contributed by atoms with E-state index in [4.69, 9.17) is 21.8 Å². The number of nitro groups is 1. The van der Waals surface area contributed by atoms with Crippen LogP contribution in [0.15, 0.2) is 12.1 Å². The molecule has 0 aliphatic heterocycles. The summed E-state index contributed by atoms with van der Waals surface area (Å²) < 4.78 is 0. The van der Waals surface area contributed by atoms with E-state index < -0.39 is 11.0 Å². The molecule has 7 heteroatoms. The summed E-state index contributed by atoms with van der Waals surface area (Å²) in [6, 6.07) is 2.81. The molecular weight excluding hydrogens is 248 g/mol. The Morgan fingerprint density at radius 1 is 1.59 bits per heavy atom. The van der Waals surface area contributed by atoms with Crippen LogP contribution in [0.4, 0.5) is 11.4 Å². The Bertz CT molecular complexity index is 425. The van der Waals surface area contributed by atoms with E-state index in [9.17, 15) is 10.1 Å². The molecule has 3 N–H and O–H groups in total. The predicted molar refractivity (Wildman–Crippen MR) is 64.4 cm³/mol. The van der Waals surface area contributed by atoms with Crippen LogP contribution in [0.2, 0.25) is 5.02 Å². The monoisotopic (exact) mass is 260 g/mol. The molecule has 0 saturated heterocycles. The van der Waals surface area contributed by atoms with Crippen LogP contribution in [0.25, 0.3) is 0 Å². The number of aliphatic hydroxyl groups excluding tert-OH is 2. The molecule has 0 fully saturated rings. The molecule has 94 valence electrons. The smallest absolute Gasteiger partial charge is 0.288 e. The summed E-state index contributed by atoms with van der Waals surface area (Å²) in [7, 11) is 0. The fraction of sp³-hybridized carbons (Fsp3) is 0.400. The number of anilines is 1. The quantitative estimate of drug-likeness (QED) is 0.548. The molecule has 6 nitrogen and oxygen atoms in total. The van der Waals surface area contributed by atoms with Crippen molar-refractivity contribution in [2.75, 3.05) is 18.5 Å². The van der Waals surface area contributed by atoms with Crippen molar-refractivity contribution in [2.24, 2.45) is 0 Å². The van der Waals surface area contributed by atoms with Crippen LogP contribution in [0.5, 0.6) is 0 Å². The van der Waals surface area contributed by atoms with E-state index in [1.165, 1.54) is 12.1 Å². The van der Waals surface area contributed by atoms with Gasteiger partial charge in [-0.3, -0.25) is 10.1 Å². The van der Waals surface area contributed by atoms with Crippen LogP contribution in [0.1, 0.15) is 5.56 Å². The molecule has 0 saturated carbocycles. The van der Waals surface area contributed by atoms with Crippen molar-refractivity contribution < 1.29 is 15.1 Å². The molecule has 0 bridgehead atoms. The van der Waals surface area contributed by atoms with Crippen molar-refractivity contribution in [2.45, 2.75) is 13.0 Å². The summed E-state index contributed by atoms with van der Waals surface area (Å²) in [6.07, 6.45) is -0.886. The molecule has 0 aromatic heterocycles. The predicted octanol–water partition coefficient (Wildman–Crippen LogP) is 1.32. The first-order valence-corrected chi connectivity index (χ1v) is 5.31. The number of nitrogens with one attached hydrogen (secondary N) is 1. The second kappa shape index (κ2) is 5.81. The van der Waals surface area contributed by atoms with Crippen molar-refractivity contribution in [3.8, 4) is 0 Å². The Morgan fingerprint density at radius 3 is 2.76 bits per heavy atom. The first kappa shape index (κ1) is 13.7. The summed E-state index contributed by atoms with van der Waals surface area (Å²) in [5.41, 5.74) is 0.969. The van der Waals surface area contributed by atoms with Gasteiger partial charge in [-0.1, -0.05) is 11.6 Å². The molecular formula is C10H13ClN2O4. The van der Waals surface area contributed by atoms with Gasteiger partial charge >= 0.3 is 0 Å². The van der Waals surface area contributed by atoms with Crippen LogP contribution in [0.3, 0.4) is 0 Å². The van der Waals surface area contributed by atoms with Gasteiger partial charge in [0.1, 0.15) is 5.02 Å². The number of nitro benzene ring substituents is 1. The van der Waals surface area contributed by atoms with Gasteiger partial charge in [-0.05, 0) is 18.6 Å². The molecule has 0 aliphatic carbocycles. The molecule has 0 heterocycles. The van der Waals surface area contributed by atoms with Crippen molar-refractivity contribution in [1.82, 2.24) is 0 Å². The molecule has 1 atom stereocenters. The summed E-state index contributed by atoms with van der Waals surface area (Å²) in [6.45, 7) is 1.43. The van der Waals surface area contributed by atoms with Gasteiger partial charge in [-0.25, -0.2) is 0 Å². The van der Waals surface area contributed by atoms with E-state index in [2.05, 4.69) is 5.32 Å². The second-order valence-electron chi connectivity index (χ2n) is 3.55. The van der Waals surface area contributed by atoms with Gasteiger partial charge in [0.25, 0.3) is 5.69 Å². The highest BCUT2D eigenvalue weighted by atomic mass is 35.5. The normalized spacial score (nSPS) is 12.2. The highest BCUT2D eigenvalue weighted by molar-refractivity contribution is 6.33. The minimum Gasteiger partial charge on any atom is -0.394 e. The lowest BCUT2D eigenvalue weighted by Gasteiger charge is -2.13. The second-order valence-corrected chi connectivity index (χ2v) is 3.92. The Hall–Kier alpha value is -1.37. The zero-order valence-electron chi connectivity index (χ0n) is 9.18. The Labute approximate surface area is 103 Å². The summed E-state index contributed by atoms with van der Waals surface area (Å²) in [5, 5.41) is 31.4. The molecule has 1 aromatic rings. The maximum absolute atomic E-state index is 10.6. The van der Waals surface area contributed by atoms with E-state index in [0.717, 1.165) is 0 Å². The van der Waals surface area contributed by atoms with Crippen LogP contribution in [-0.2, 0) is 0 Å². The standard InChI is InChI=1S/C10H13ClN2O4/c1-6-8(12-4-7(15)5-14)2-3-9(10(6)11)13(16)17/h2-3,7,12,14-15H,4-5H2,1H3. The number of benzene rings is 1. The van der Waals surface area contributed by atoms with Gasteiger partial charge < -0.3 is 15.5 Å². The molecule has 1 rings (SSSR count). The lowest BCUT2D eigenvalue weighted by atomic mass is 10.1. The topological polar surface area (TPSA) is 95.6 Å². The molecule has 0 spiro atoms. The van der Waals surface area contributed by atoms with Crippen LogP contribution >= 0.6 is 11.6 Å². The number of rotatable bonds is 5. The SMILES string of the molecule is Cc1c(NCC(O)CO)ccc([N+](=O)[O-])c1Cl. The van der Waals surface area contributed by atoms with Crippen molar-refractivity contribution in [3.63, 3.8) is 0 Å². The van der Waals surface area contributed by atoms with E-state index in [0.29, 0.717) is 11.3 Å². The molecule has 0 aliphatic rings. The fourth-order valence-electron chi connectivity index (χ4n) is 1.30. The zero-order valence-corrected chi connectivity index (χ0v) is 9.94. The van der Waals surface area contributed by atoms with Gasteiger partial charge in [0.05, 0.1) is 17.6 Å². The van der Waals surface area contributed by atoms with Crippen molar-refractivity contribution in [1.29, 1.82) is 0 Å². The minimum absolute atomic E-state index is 0.0680. The Morgan fingerprint density at radius 2 is 2.24 bits per heavy atom. The maximum atomic E-state index is 10.6. The van der Waals surface area contributed by atoms with Crippen molar-refractivity contribution in [3.05, 3.63) is 32.8 Å². The Kier molecular flexibility index (Phi) is 4.68. The average molecular weight is 261 g/mol. The van der Waals surface area contributed by atoms with Gasteiger partial charge in [0.15, 0.2) is 0 Å². The number of halogens is 1. The van der Waals surface area contributed by atoms with E-state index >= 15 is 0 Å². The zero-order chi connectivity index (χ0) is 13.0. The lowest BCUT2D eigenvalue weighted by Crippen LogP contribution is -2.23. The largest absolute Gasteiger partial charge is 0.394 e. The highest BCUT2D eigenvalue weighted by Crippen LogP contribution is 2.32. The van der Waals surface area contributed by atoms with Gasteiger partial charge in [-0.2, -0.15) is 0 Å². The summed E-state index contributed by atoms with van der Waals surface area (Å²) in [5.74, 6) is 0. The number of aliphatic hydroxyl groups is 2. The summed E-state index contributed by atoms with van der Waals surface area (Å²) in [4.78, 5) is 10.1. The van der Waals surface area contributed by atoms with Crippen LogP contribution in [-0.4, -0.2) is 34.4 Å². The van der Waals surface area contributed by atoms with Crippen LogP contribution in [0, 0.1) is 17.0 Å². The number of nitrogens with zero attached hydrogens (tertiary/aromatic N) is 1. The third kappa shape index (κ3) is 3.29. The van der Waals surface area contributed by atoms with E-state index in [-0.39, 0.29) is 23.9 Å². The van der Waals surface area contributed by atoms with E-state index in [1.807, 2.05) is 0 Å². The van der Waals surface area contributed by atoms with Gasteiger partial charge in [0.2, 0.25) is 0 Å². The Balaban J connectivity index is 2.89. The molecule has 0 radical (unpaired) electrons. The molecule has 1 aromatic carbocycles. The highest BCUT2D eigenvalue weighted by Gasteiger charge is 2.16. The maximum Gasteiger partial charge on any atom is 0.288 e. The van der Waals surface area contributed by atoms with Gasteiger partial charge in [-0.15, -0.1) is 0 Å². The first-order valence-electron chi connectivity index (χ1n) is 4.93. The molecule has 17 heavy (non-hydrogen) atoms. The van der Waals surface area contributed by atoms with Crippen molar-refractivity contribution >= 4 is 23.0 Å². The molecule has 1 unspecified atom stereocenters. The van der Waals surface area contributed by atoms with Gasteiger partial charge in [0, 0.05) is 18.3 Å².